The Morgan fingerprint density at radius 1 is 1.34 bits per heavy atom. The lowest BCUT2D eigenvalue weighted by Crippen LogP contribution is -2.43. The Hall–Kier alpha value is -3.24. The Morgan fingerprint density at radius 2 is 2.10 bits per heavy atom. The molecule has 0 aromatic carbocycles. The van der Waals surface area contributed by atoms with E-state index >= 15 is 0 Å². The van der Waals surface area contributed by atoms with Crippen molar-refractivity contribution in [2.24, 2.45) is 0 Å². The smallest absolute Gasteiger partial charge is 0.407 e. The Morgan fingerprint density at radius 3 is 2.76 bits per heavy atom. The van der Waals surface area contributed by atoms with Gasteiger partial charge in [0.2, 0.25) is 0 Å². The summed E-state index contributed by atoms with van der Waals surface area (Å²) in [5, 5.41) is 25.2. The molecule has 1 aliphatic carbocycles. The second-order valence-electron chi connectivity index (χ2n) is 8.02. The molecule has 2 heterocycles. The number of hydrogen-bond acceptors (Lipinski definition) is 8. The molecule has 3 rings (SSSR count). The molecule has 0 unspecified atom stereocenters. The first-order valence-corrected chi connectivity index (χ1v) is 9.48. The molecule has 0 spiro atoms. The van der Waals surface area contributed by atoms with Crippen molar-refractivity contribution in [2.75, 3.05) is 5.32 Å². The van der Waals surface area contributed by atoms with E-state index in [2.05, 4.69) is 25.9 Å². The summed E-state index contributed by atoms with van der Waals surface area (Å²) in [4.78, 5) is 27.1. The van der Waals surface area contributed by atoms with Gasteiger partial charge < -0.3 is 15.4 Å². The number of rotatable bonds is 5. The highest BCUT2D eigenvalue weighted by Crippen LogP contribution is 2.29. The Labute approximate surface area is 168 Å². The molecule has 1 amide bonds. The molecule has 2 aromatic rings. The van der Waals surface area contributed by atoms with Crippen LogP contribution < -0.4 is 10.6 Å². The second kappa shape index (κ2) is 8.41. The van der Waals surface area contributed by atoms with Crippen LogP contribution in [0.3, 0.4) is 0 Å². The molecule has 0 aliphatic heterocycles. The zero-order valence-corrected chi connectivity index (χ0v) is 16.7. The summed E-state index contributed by atoms with van der Waals surface area (Å²) in [6.45, 7) is 5.44. The lowest BCUT2D eigenvalue weighted by Gasteiger charge is -2.31. The Kier molecular flexibility index (Phi) is 5.95. The molecule has 1 fully saturated rings. The molecule has 29 heavy (non-hydrogen) atoms. The number of pyridine rings is 1. The highest BCUT2D eigenvalue weighted by molar-refractivity contribution is 5.68. The van der Waals surface area contributed by atoms with Crippen molar-refractivity contribution < 1.29 is 14.5 Å². The molecule has 2 atom stereocenters. The van der Waals surface area contributed by atoms with Crippen LogP contribution in [0.1, 0.15) is 46.5 Å². The minimum Gasteiger partial charge on any atom is -0.444 e. The molecule has 1 saturated carbocycles. The fourth-order valence-electron chi connectivity index (χ4n) is 3.30. The average molecular weight is 403 g/mol. The van der Waals surface area contributed by atoms with Crippen LogP contribution >= 0.6 is 0 Å². The van der Waals surface area contributed by atoms with Crippen LogP contribution in [0.2, 0.25) is 0 Å². The van der Waals surface area contributed by atoms with Gasteiger partial charge in [0.05, 0.1) is 17.3 Å². The zero-order chi connectivity index (χ0) is 21.0. The number of aromatic nitrogens is 4. The van der Waals surface area contributed by atoms with Gasteiger partial charge in [-0.1, -0.05) is 5.21 Å². The molecule has 2 N–H and O–H groups in total. The van der Waals surface area contributed by atoms with Crippen molar-refractivity contribution >= 4 is 17.5 Å². The fraction of sp³-hybridized carbons (Fsp3) is 0.556. The number of ether oxygens (including phenoxy) is 1. The Bertz CT molecular complexity index is 864. The minimum atomic E-state index is -0.564. The normalized spacial score (nSPS) is 19.4. The number of carbonyl (C=O) groups is 1. The third kappa shape index (κ3) is 5.62. The van der Waals surface area contributed by atoms with E-state index in [0.717, 1.165) is 19.3 Å². The molecule has 1 aliphatic rings. The monoisotopic (exact) mass is 403 g/mol. The maximum atomic E-state index is 12.0. The van der Waals surface area contributed by atoms with Gasteiger partial charge in [-0.15, -0.1) is 5.10 Å². The molecular formula is C18H25N7O4. The maximum absolute atomic E-state index is 12.0. The van der Waals surface area contributed by atoms with Gasteiger partial charge in [0.15, 0.2) is 5.82 Å². The summed E-state index contributed by atoms with van der Waals surface area (Å²) in [6, 6.07) is 1.48. The van der Waals surface area contributed by atoms with Gasteiger partial charge in [-0.05, 0) is 46.5 Å². The standard InChI is InChI=1S/C18H25N7O4/c1-18(2,3)29-17(26)22-13-6-4-5-12(9-13)21-14-10-16(24-8-7-20-23-24)19-11-15(14)25(27)28/h7-8,10-13H,4-6,9H2,1-3H3,(H,19,21)(H,22,26)/t12-,13+/m1/s1. The topological polar surface area (TPSA) is 137 Å². The average Bonchev–Trinajstić information content (AvgIpc) is 3.14. The summed E-state index contributed by atoms with van der Waals surface area (Å²) in [5.41, 5.74) is -0.319. The third-order valence-corrected chi connectivity index (χ3v) is 4.48. The molecule has 0 saturated heterocycles. The van der Waals surface area contributed by atoms with E-state index in [4.69, 9.17) is 4.74 Å². The lowest BCUT2D eigenvalue weighted by molar-refractivity contribution is -0.384. The van der Waals surface area contributed by atoms with Gasteiger partial charge in [0.25, 0.3) is 0 Å². The quantitative estimate of drug-likeness (QED) is 0.574. The number of hydrogen-bond donors (Lipinski definition) is 2. The van der Waals surface area contributed by atoms with Crippen LogP contribution in [0, 0.1) is 10.1 Å². The summed E-state index contributed by atoms with van der Waals surface area (Å²) in [5.74, 6) is 0.426. The van der Waals surface area contributed by atoms with Crippen molar-refractivity contribution in [2.45, 2.75) is 64.1 Å². The van der Waals surface area contributed by atoms with E-state index in [1.54, 1.807) is 12.3 Å². The molecule has 0 radical (unpaired) electrons. The van der Waals surface area contributed by atoms with Crippen LogP contribution in [0.5, 0.6) is 0 Å². The van der Waals surface area contributed by atoms with Crippen LogP contribution in [-0.4, -0.2) is 48.7 Å². The van der Waals surface area contributed by atoms with E-state index in [0.29, 0.717) is 17.9 Å². The van der Waals surface area contributed by atoms with E-state index in [1.165, 1.54) is 17.1 Å². The van der Waals surface area contributed by atoms with Crippen LogP contribution in [0.15, 0.2) is 24.7 Å². The van der Waals surface area contributed by atoms with Crippen molar-refractivity contribution in [1.29, 1.82) is 0 Å². The van der Waals surface area contributed by atoms with E-state index in [1.807, 2.05) is 20.8 Å². The van der Waals surface area contributed by atoms with Gasteiger partial charge >= 0.3 is 11.8 Å². The number of nitrogens with one attached hydrogen (secondary N) is 2. The highest BCUT2D eigenvalue weighted by Gasteiger charge is 2.27. The van der Waals surface area contributed by atoms with E-state index in [-0.39, 0.29) is 17.8 Å². The number of nitro groups is 1. The zero-order valence-electron chi connectivity index (χ0n) is 16.7. The van der Waals surface area contributed by atoms with Crippen molar-refractivity contribution in [3.05, 3.63) is 34.8 Å². The number of alkyl carbamates (subject to hydrolysis) is 1. The summed E-state index contributed by atoms with van der Waals surface area (Å²) < 4.78 is 6.75. The summed E-state index contributed by atoms with van der Waals surface area (Å²) >= 11 is 0. The first-order valence-electron chi connectivity index (χ1n) is 9.48. The van der Waals surface area contributed by atoms with Crippen molar-refractivity contribution in [1.82, 2.24) is 25.3 Å². The number of carbonyl (C=O) groups excluding carboxylic acids is 1. The van der Waals surface area contributed by atoms with E-state index < -0.39 is 16.6 Å². The SMILES string of the molecule is CC(C)(C)OC(=O)N[C@H]1CCC[C@@H](Nc2cc(-n3ccnn3)ncc2[N+](=O)[O-])C1. The predicted molar refractivity (Wildman–Crippen MR) is 105 cm³/mol. The van der Waals surface area contributed by atoms with Crippen LogP contribution in [0.4, 0.5) is 16.2 Å². The molecule has 11 heteroatoms. The van der Waals surface area contributed by atoms with Gasteiger partial charge in [0, 0.05) is 18.2 Å². The van der Waals surface area contributed by atoms with E-state index in [9.17, 15) is 14.9 Å². The summed E-state index contributed by atoms with van der Waals surface area (Å²) in [6.07, 6.45) is 7.06. The minimum absolute atomic E-state index is 0.0339. The first-order chi connectivity index (χ1) is 13.7. The highest BCUT2D eigenvalue weighted by atomic mass is 16.6. The van der Waals surface area contributed by atoms with Crippen LogP contribution in [0.25, 0.3) is 5.82 Å². The largest absolute Gasteiger partial charge is 0.444 e. The fourth-order valence-corrected chi connectivity index (χ4v) is 3.30. The maximum Gasteiger partial charge on any atom is 0.407 e. The number of amides is 1. The number of nitrogens with zero attached hydrogens (tertiary/aromatic N) is 5. The van der Waals surface area contributed by atoms with Gasteiger partial charge in [-0.3, -0.25) is 10.1 Å². The van der Waals surface area contributed by atoms with Gasteiger partial charge in [-0.25, -0.2) is 14.5 Å². The van der Waals surface area contributed by atoms with Crippen molar-refractivity contribution in [3.8, 4) is 5.82 Å². The second-order valence-corrected chi connectivity index (χ2v) is 8.02. The molecule has 2 aromatic heterocycles. The number of anilines is 1. The predicted octanol–water partition coefficient (Wildman–Crippen LogP) is 2.82. The lowest BCUT2D eigenvalue weighted by atomic mass is 9.91. The molecule has 0 bridgehead atoms. The van der Waals surface area contributed by atoms with Gasteiger partial charge in [0.1, 0.15) is 17.5 Å². The van der Waals surface area contributed by atoms with Crippen molar-refractivity contribution in [3.63, 3.8) is 0 Å². The third-order valence-electron chi connectivity index (χ3n) is 4.48. The molecule has 156 valence electrons. The molecular weight excluding hydrogens is 378 g/mol. The molecule has 11 nitrogen and oxygen atoms in total. The van der Waals surface area contributed by atoms with Crippen LogP contribution in [-0.2, 0) is 4.74 Å². The Balaban J connectivity index is 1.70. The van der Waals surface area contributed by atoms with Gasteiger partial charge in [-0.2, -0.15) is 0 Å². The first kappa shape index (κ1) is 20.5. The summed E-state index contributed by atoms with van der Waals surface area (Å²) in [7, 11) is 0.